The Balaban J connectivity index is 1.66. The first kappa shape index (κ1) is 21.5. The summed E-state index contributed by atoms with van der Waals surface area (Å²) in [6.07, 6.45) is 0. The van der Waals surface area contributed by atoms with Crippen molar-refractivity contribution < 1.29 is 18.6 Å². The molecule has 0 unspecified atom stereocenters. The highest BCUT2D eigenvalue weighted by molar-refractivity contribution is 5.80. The molecule has 2 aromatic rings. The standard InChI is InChI=1S/C22H29FN4O3/c1-24-22(25-15-17-20(29-3)13-16(28-2)14-21(17)30-4)27-11-9-26(10-12-27)19-8-6-5-7-18(19)23/h5-8,13-14H,9-12,15H2,1-4H3,(H,24,25). The summed E-state index contributed by atoms with van der Waals surface area (Å²) in [6, 6.07) is 10.5. The molecule has 0 radical (unpaired) electrons. The van der Waals surface area contributed by atoms with E-state index in [1.54, 1.807) is 34.4 Å². The van der Waals surface area contributed by atoms with Crippen LogP contribution in [0.25, 0.3) is 0 Å². The molecule has 0 bridgehead atoms. The van der Waals surface area contributed by atoms with Gasteiger partial charge in [-0.25, -0.2) is 4.39 Å². The first-order valence-electron chi connectivity index (χ1n) is 9.85. The fourth-order valence-electron chi connectivity index (χ4n) is 3.62. The molecule has 0 aliphatic carbocycles. The van der Waals surface area contributed by atoms with Gasteiger partial charge in [0.05, 0.1) is 39.1 Å². The predicted molar refractivity (Wildman–Crippen MR) is 116 cm³/mol. The van der Waals surface area contributed by atoms with E-state index < -0.39 is 0 Å². The van der Waals surface area contributed by atoms with Gasteiger partial charge in [0.25, 0.3) is 0 Å². The van der Waals surface area contributed by atoms with E-state index >= 15 is 0 Å². The van der Waals surface area contributed by atoms with Crippen LogP contribution in [0, 0.1) is 5.82 Å². The summed E-state index contributed by atoms with van der Waals surface area (Å²) in [6.45, 7) is 3.40. The second kappa shape index (κ2) is 10.0. The zero-order valence-electron chi connectivity index (χ0n) is 17.9. The molecule has 30 heavy (non-hydrogen) atoms. The molecule has 1 fully saturated rings. The summed E-state index contributed by atoms with van der Waals surface area (Å²) in [5, 5.41) is 3.39. The minimum Gasteiger partial charge on any atom is -0.496 e. The van der Waals surface area contributed by atoms with Gasteiger partial charge in [-0.3, -0.25) is 4.99 Å². The summed E-state index contributed by atoms with van der Waals surface area (Å²) in [4.78, 5) is 8.65. The number of ether oxygens (including phenoxy) is 3. The van der Waals surface area contributed by atoms with E-state index in [4.69, 9.17) is 14.2 Å². The lowest BCUT2D eigenvalue weighted by Crippen LogP contribution is -2.52. The lowest BCUT2D eigenvalue weighted by Gasteiger charge is -2.37. The second-order valence-corrected chi connectivity index (χ2v) is 6.84. The zero-order chi connectivity index (χ0) is 21.5. The molecule has 1 N–H and O–H groups in total. The van der Waals surface area contributed by atoms with E-state index in [1.165, 1.54) is 6.07 Å². The van der Waals surface area contributed by atoms with Gasteiger partial charge >= 0.3 is 0 Å². The number of methoxy groups -OCH3 is 3. The number of anilines is 1. The Morgan fingerprint density at radius 2 is 1.63 bits per heavy atom. The summed E-state index contributed by atoms with van der Waals surface area (Å²) in [5.74, 6) is 2.62. The van der Waals surface area contributed by atoms with Gasteiger partial charge in [-0.2, -0.15) is 0 Å². The van der Waals surface area contributed by atoms with Crippen LogP contribution in [-0.2, 0) is 6.54 Å². The number of piperazine rings is 1. The van der Waals surface area contributed by atoms with Crippen molar-refractivity contribution in [2.24, 2.45) is 4.99 Å². The Morgan fingerprint density at radius 3 is 2.17 bits per heavy atom. The quantitative estimate of drug-likeness (QED) is 0.577. The van der Waals surface area contributed by atoms with Gasteiger partial charge in [0.2, 0.25) is 0 Å². The maximum Gasteiger partial charge on any atom is 0.194 e. The normalized spacial score (nSPS) is 14.5. The molecule has 7 nitrogen and oxygen atoms in total. The Morgan fingerprint density at radius 1 is 1.00 bits per heavy atom. The van der Waals surface area contributed by atoms with Gasteiger partial charge in [0, 0.05) is 45.4 Å². The number of halogens is 1. The zero-order valence-corrected chi connectivity index (χ0v) is 17.9. The number of guanidine groups is 1. The van der Waals surface area contributed by atoms with Gasteiger partial charge < -0.3 is 29.3 Å². The molecule has 2 aromatic carbocycles. The molecule has 1 saturated heterocycles. The van der Waals surface area contributed by atoms with Crippen molar-refractivity contribution >= 4 is 11.6 Å². The molecule has 0 atom stereocenters. The topological polar surface area (TPSA) is 58.6 Å². The average molecular weight is 416 g/mol. The third kappa shape index (κ3) is 4.69. The molecule has 1 aliphatic heterocycles. The highest BCUT2D eigenvalue weighted by Gasteiger charge is 2.22. The van der Waals surface area contributed by atoms with Crippen molar-refractivity contribution in [2.45, 2.75) is 6.54 Å². The largest absolute Gasteiger partial charge is 0.496 e. The molecular weight excluding hydrogens is 387 g/mol. The molecule has 162 valence electrons. The average Bonchev–Trinajstić information content (AvgIpc) is 2.79. The van der Waals surface area contributed by atoms with Crippen LogP contribution in [0.4, 0.5) is 10.1 Å². The first-order valence-corrected chi connectivity index (χ1v) is 9.85. The van der Waals surface area contributed by atoms with Crippen LogP contribution in [0.1, 0.15) is 5.56 Å². The number of rotatable bonds is 6. The molecule has 0 amide bonds. The molecule has 1 aliphatic rings. The third-order valence-electron chi connectivity index (χ3n) is 5.22. The molecule has 1 heterocycles. The lowest BCUT2D eigenvalue weighted by atomic mass is 10.1. The van der Waals surface area contributed by atoms with E-state index in [1.807, 2.05) is 24.3 Å². The van der Waals surface area contributed by atoms with E-state index in [0.717, 1.165) is 37.7 Å². The lowest BCUT2D eigenvalue weighted by molar-refractivity contribution is 0.361. The van der Waals surface area contributed by atoms with Gasteiger partial charge in [-0.1, -0.05) is 12.1 Å². The van der Waals surface area contributed by atoms with Crippen molar-refractivity contribution in [1.29, 1.82) is 0 Å². The van der Waals surface area contributed by atoms with E-state index in [9.17, 15) is 4.39 Å². The molecule has 0 spiro atoms. The number of hydrogen-bond acceptors (Lipinski definition) is 5. The smallest absolute Gasteiger partial charge is 0.194 e. The van der Waals surface area contributed by atoms with Crippen molar-refractivity contribution in [3.05, 3.63) is 47.8 Å². The molecular formula is C22H29FN4O3. The fraction of sp³-hybridized carbons (Fsp3) is 0.409. The van der Waals surface area contributed by atoms with Gasteiger partial charge in [0.1, 0.15) is 23.1 Å². The van der Waals surface area contributed by atoms with Gasteiger partial charge in [-0.05, 0) is 12.1 Å². The number of nitrogens with zero attached hydrogens (tertiary/aromatic N) is 3. The van der Waals surface area contributed by atoms with Crippen molar-refractivity contribution in [2.75, 3.05) is 59.5 Å². The summed E-state index contributed by atoms with van der Waals surface area (Å²) >= 11 is 0. The Hall–Kier alpha value is -3.16. The SMILES string of the molecule is CN=C(NCc1c(OC)cc(OC)cc1OC)N1CCN(c2ccccc2F)CC1. The van der Waals surface area contributed by atoms with Gasteiger partial charge in [-0.15, -0.1) is 0 Å². The van der Waals surface area contributed by atoms with E-state index in [2.05, 4.69) is 20.1 Å². The fourth-order valence-corrected chi connectivity index (χ4v) is 3.62. The maximum atomic E-state index is 14.1. The summed E-state index contributed by atoms with van der Waals surface area (Å²) < 4.78 is 30.4. The number of nitrogens with one attached hydrogen (secondary N) is 1. The minimum absolute atomic E-state index is 0.188. The van der Waals surface area contributed by atoms with E-state index in [0.29, 0.717) is 29.5 Å². The van der Waals surface area contributed by atoms with E-state index in [-0.39, 0.29) is 5.82 Å². The molecule has 0 aromatic heterocycles. The van der Waals surface area contributed by atoms with Crippen molar-refractivity contribution in [3.8, 4) is 17.2 Å². The predicted octanol–water partition coefficient (Wildman–Crippen LogP) is 2.75. The van der Waals surface area contributed by atoms with Crippen LogP contribution in [-0.4, -0.2) is 65.4 Å². The number of hydrogen-bond donors (Lipinski definition) is 1. The van der Waals surface area contributed by atoms with Crippen LogP contribution in [0.15, 0.2) is 41.4 Å². The van der Waals surface area contributed by atoms with Crippen molar-refractivity contribution in [1.82, 2.24) is 10.2 Å². The first-order chi connectivity index (χ1) is 14.6. The van der Waals surface area contributed by atoms with Crippen LogP contribution in [0.5, 0.6) is 17.2 Å². The van der Waals surface area contributed by atoms with Crippen LogP contribution in [0.2, 0.25) is 0 Å². The number of benzene rings is 2. The number of aliphatic imine (C=N–C) groups is 1. The molecule has 0 saturated carbocycles. The second-order valence-electron chi connectivity index (χ2n) is 6.84. The van der Waals surface area contributed by atoms with Crippen LogP contribution >= 0.6 is 0 Å². The minimum atomic E-state index is -0.188. The highest BCUT2D eigenvalue weighted by atomic mass is 19.1. The monoisotopic (exact) mass is 416 g/mol. The Labute approximate surface area is 177 Å². The molecule has 3 rings (SSSR count). The number of para-hydroxylation sites is 1. The Kier molecular flexibility index (Phi) is 7.21. The summed E-state index contributed by atoms with van der Waals surface area (Å²) in [5.41, 5.74) is 1.53. The molecule has 8 heteroatoms. The van der Waals surface area contributed by atoms with Crippen molar-refractivity contribution in [3.63, 3.8) is 0 Å². The third-order valence-corrected chi connectivity index (χ3v) is 5.22. The van der Waals surface area contributed by atoms with Crippen LogP contribution in [0.3, 0.4) is 0 Å². The highest BCUT2D eigenvalue weighted by Crippen LogP contribution is 2.34. The van der Waals surface area contributed by atoms with Crippen LogP contribution < -0.4 is 24.4 Å². The summed E-state index contributed by atoms with van der Waals surface area (Å²) in [7, 11) is 6.60. The maximum absolute atomic E-state index is 14.1. The Bertz CT molecular complexity index is 857. The van der Waals surface area contributed by atoms with Gasteiger partial charge in [0.15, 0.2) is 5.96 Å².